The monoisotopic (exact) mass is 162 g/mol. The van der Waals surface area contributed by atoms with Crippen LogP contribution in [0, 0.1) is 0 Å². The summed E-state index contributed by atoms with van der Waals surface area (Å²) in [4.78, 5) is 2.88. The normalized spacial score (nSPS) is 15.5. The Kier molecular flexibility index (Phi) is 1.99. The fourth-order valence-corrected chi connectivity index (χ4v) is 2.01. The molecule has 0 heterocycles. The van der Waals surface area contributed by atoms with Crippen molar-refractivity contribution in [3.63, 3.8) is 0 Å². The molecule has 1 aromatic carbocycles. The number of allylic oxidation sites excluding steroid dienone is 2. The summed E-state index contributed by atoms with van der Waals surface area (Å²) < 4.78 is 0. The van der Waals surface area contributed by atoms with E-state index in [9.17, 15) is 0 Å². The highest BCUT2D eigenvalue weighted by Gasteiger charge is 2.05. The smallest absolute Gasteiger partial charge is 0.0118 e. The van der Waals surface area contributed by atoms with Gasteiger partial charge in [0.05, 0.1) is 0 Å². The quantitative estimate of drug-likeness (QED) is 0.641. The predicted molar refractivity (Wildman–Crippen MR) is 49.6 cm³/mol. The van der Waals surface area contributed by atoms with Gasteiger partial charge in [0.2, 0.25) is 0 Å². The minimum absolute atomic E-state index is 1.27. The molecule has 1 heteroatoms. The predicted octanol–water partition coefficient (Wildman–Crippen LogP) is 3.46. The van der Waals surface area contributed by atoms with Crippen molar-refractivity contribution in [1.29, 1.82) is 0 Å². The standard InChI is InChI=1S/C10H10S/c1-2-5-9(6-3-1)11-10-7-4-8-10/h1-3,5-7H,4,8H2. The van der Waals surface area contributed by atoms with Gasteiger partial charge in [-0.3, -0.25) is 0 Å². The Morgan fingerprint density at radius 1 is 1.09 bits per heavy atom. The molecule has 2 rings (SSSR count). The van der Waals surface area contributed by atoms with Crippen LogP contribution >= 0.6 is 11.8 Å². The maximum atomic E-state index is 2.30. The number of rotatable bonds is 2. The van der Waals surface area contributed by atoms with E-state index in [4.69, 9.17) is 0 Å². The number of benzene rings is 1. The van der Waals surface area contributed by atoms with Crippen molar-refractivity contribution >= 4 is 11.8 Å². The number of hydrogen-bond donors (Lipinski definition) is 0. The van der Waals surface area contributed by atoms with Gasteiger partial charge in [-0.1, -0.05) is 36.0 Å². The molecule has 0 nitrogen and oxygen atoms in total. The zero-order valence-corrected chi connectivity index (χ0v) is 7.10. The highest BCUT2D eigenvalue weighted by atomic mass is 32.2. The Morgan fingerprint density at radius 3 is 2.36 bits per heavy atom. The average Bonchev–Trinajstić information content (AvgIpc) is 1.99. The van der Waals surface area contributed by atoms with Crippen LogP contribution in [0.5, 0.6) is 0 Å². The van der Waals surface area contributed by atoms with Gasteiger partial charge in [-0.2, -0.15) is 0 Å². The van der Waals surface area contributed by atoms with Gasteiger partial charge in [0, 0.05) is 4.90 Å². The molecule has 0 amide bonds. The topological polar surface area (TPSA) is 0 Å². The average molecular weight is 162 g/mol. The van der Waals surface area contributed by atoms with Gasteiger partial charge in [-0.25, -0.2) is 0 Å². The third-order valence-corrected chi connectivity index (χ3v) is 2.90. The van der Waals surface area contributed by atoms with E-state index in [-0.39, 0.29) is 0 Å². The molecular formula is C10H10S. The van der Waals surface area contributed by atoms with Crippen LogP contribution in [0.4, 0.5) is 0 Å². The van der Waals surface area contributed by atoms with Crippen molar-refractivity contribution in [2.45, 2.75) is 17.7 Å². The van der Waals surface area contributed by atoms with Crippen LogP contribution in [0.25, 0.3) is 0 Å². The number of thioether (sulfide) groups is 1. The summed E-state index contributed by atoms with van der Waals surface area (Å²) in [5.41, 5.74) is 0. The van der Waals surface area contributed by atoms with Gasteiger partial charge in [0.15, 0.2) is 0 Å². The van der Waals surface area contributed by atoms with Crippen LogP contribution in [-0.4, -0.2) is 0 Å². The van der Waals surface area contributed by atoms with Gasteiger partial charge < -0.3 is 0 Å². The summed E-state index contributed by atoms with van der Waals surface area (Å²) in [6.45, 7) is 0. The molecule has 0 unspecified atom stereocenters. The summed E-state index contributed by atoms with van der Waals surface area (Å²) >= 11 is 1.89. The van der Waals surface area contributed by atoms with Crippen molar-refractivity contribution in [3.05, 3.63) is 41.3 Å². The molecule has 0 saturated carbocycles. The Balaban J connectivity index is 2.07. The lowest BCUT2D eigenvalue weighted by Crippen LogP contribution is -1.87. The summed E-state index contributed by atoms with van der Waals surface area (Å²) in [5, 5.41) is 0. The highest BCUT2D eigenvalue weighted by molar-refractivity contribution is 8.03. The lowest BCUT2D eigenvalue weighted by molar-refractivity contribution is 0.941. The minimum atomic E-state index is 1.27. The molecule has 0 fully saturated rings. The lowest BCUT2D eigenvalue weighted by Gasteiger charge is -2.12. The van der Waals surface area contributed by atoms with Crippen LogP contribution in [0.1, 0.15) is 12.8 Å². The Morgan fingerprint density at radius 2 is 1.82 bits per heavy atom. The minimum Gasteiger partial charge on any atom is -0.0949 e. The maximum absolute atomic E-state index is 2.30. The van der Waals surface area contributed by atoms with Gasteiger partial charge in [-0.15, -0.1) is 0 Å². The van der Waals surface area contributed by atoms with Gasteiger partial charge in [0.25, 0.3) is 0 Å². The zero-order valence-electron chi connectivity index (χ0n) is 6.29. The van der Waals surface area contributed by atoms with Gasteiger partial charge in [0.1, 0.15) is 0 Å². The van der Waals surface area contributed by atoms with Crippen molar-refractivity contribution in [2.75, 3.05) is 0 Å². The maximum Gasteiger partial charge on any atom is 0.0118 e. The third kappa shape index (κ3) is 1.66. The van der Waals surface area contributed by atoms with Crippen molar-refractivity contribution in [1.82, 2.24) is 0 Å². The zero-order chi connectivity index (χ0) is 7.52. The van der Waals surface area contributed by atoms with Crippen molar-refractivity contribution < 1.29 is 0 Å². The van der Waals surface area contributed by atoms with Crippen LogP contribution in [0.15, 0.2) is 46.2 Å². The first kappa shape index (κ1) is 6.99. The first-order valence-corrected chi connectivity index (χ1v) is 4.69. The van der Waals surface area contributed by atoms with Crippen LogP contribution in [0.2, 0.25) is 0 Å². The summed E-state index contributed by atoms with van der Waals surface area (Å²) in [7, 11) is 0. The fourth-order valence-electron chi connectivity index (χ4n) is 0.995. The fraction of sp³-hybridized carbons (Fsp3) is 0.200. The first-order chi connectivity index (χ1) is 5.45. The SMILES string of the molecule is C1=C(Sc2ccccc2)CC1. The molecule has 0 aromatic heterocycles. The van der Waals surface area contributed by atoms with Gasteiger partial charge >= 0.3 is 0 Å². The van der Waals surface area contributed by atoms with E-state index < -0.39 is 0 Å². The van der Waals surface area contributed by atoms with E-state index in [0.717, 1.165) is 0 Å². The molecule has 0 radical (unpaired) electrons. The molecule has 1 aliphatic carbocycles. The van der Waals surface area contributed by atoms with E-state index in [1.54, 1.807) is 0 Å². The molecule has 0 N–H and O–H groups in total. The highest BCUT2D eigenvalue weighted by Crippen LogP contribution is 2.35. The molecule has 0 bridgehead atoms. The van der Waals surface area contributed by atoms with Crippen LogP contribution in [0.3, 0.4) is 0 Å². The molecule has 0 atom stereocenters. The molecule has 11 heavy (non-hydrogen) atoms. The van der Waals surface area contributed by atoms with E-state index in [1.165, 1.54) is 22.6 Å². The summed E-state index contributed by atoms with van der Waals surface area (Å²) in [6.07, 6.45) is 4.85. The second kappa shape index (κ2) is 3.14. The van der Waals surface area contributed by atoms with Crippen LogP contribution in [-0.2, 0) is 0 Å². The first-order valence-electron chi connectivity index (χ1n) is 3.87. The molecule has 0 aliphatic heterocycles. The lowest BCUT2D eigenvalue weighted by atomic mass is 10.1. The Hall–Kier alpha value is -0.690. The molecule has 1 aliphatic rings. The van der Waals surface area contributed by atoms with E-state index >= 15 is 0 Å². The van der Waals surface area contributed by atoms with Crippen LogP contribution < -0.4 is 0 Å². The summed E-state index contributed by atoms with van der Waals surface area (Å²) in [6, 6.07) is 10.5. The molecular weight excluding hydrogens is 152 g/mol. The molecule has 1 aromatic rings. The van der Waals surface area contributed by atoms with E-state index in [1.807, 2.05) is 11.8 Å². The van der Waals surface area contributed by atoms with Gasteiger partial charge in [-0.05, 0) is 29.9 Å². The van der Waals surface area contributed by atoms with E-state index in [2.05, 4.69) is 36.4 Å². The third-order valence-electron chi connectivity index (χ3n) is 1.75. The van der Waals surface area contributed by atoms with Crippen molar-refractivity contribution in [3.8, 4) is 0 Å². The molecule has 56 valence electrons. The second-order valence-corrected chi connectivity index (χ2v) is 3.82. The van der Waals surface area contributed by atoms with Crippen molar-refractivity contribution in [2.24, 2.45) is 0 Å². The Bertz CT molecular complexity index is 261. The second-order valence-electron chi connectivity index (χ2n) is 2.62. The molecule has 0 spiro atoms. The number of hydrogen-bond acceptors (Lipinski definition) is 1. The largest absolute Gasteiger partial charge is 0.0949 e. The Labute approximate surface area is 71.3 Å². The molecule has 0 saturated heterocycles. The summed E-state index contributed by atoms with van der Waals surface area (Å²) in [5.74, 6) is 0. The van der Waals surface area contributed by atoms with E-state index in [0.29, 0.717) is 0 Å².